The quantitative estimate of drug-likeness (QED) is 0.623. The lowest BCUT2D eigenvalue weighted by atomic mass is 10.2. The number of hydrogen-bond acceptors (Lipinski definition) is 6. The third-order valence-corrected chi connectivity index (χ3v) is 5.92. The highest BCUT2D eigenvalue weighted by atomic mass is 35.5. The molecule has 1 aliphatic rings. The van der Waals surface area contributed by atoms with Crippen molar-refractivity contribution in [1.29, 1.82) is 0 Å². The van der Waals surface area contributed by atoms with E-state index in [1.807, 2.05) is 25.1 Å². The fraction of sp³-hybridized carbons (Fsp3) is 0.400. The highest BCUT2D eigenvalue weighted by Gasteiger charge is 2.19. The molecule has 1 saturated heterocycles. The van der Waals surface area contributed by atoms with Crippen molar-refractivity contribution in [1.82, 2.24) is 19.9 Å². The number of rotatable bonds is 6. The standard InChI is InChI=1S/C20H23ClN4OS/c1-15-10-19(26-23-15)13-25-8-6-24(7-9-25)12-18-14-27-20(22-18)11-16-2-4-17(21)5-3-16/h2-5,10,14H,6-9,11-13H2,1H3. The van der Waals surface area contributed by atoms with Crippen LogP contribution in [0.1, 0.15) is 27.7 Å². The van der Waals surface area contributed by atoms with E-state index >= 15 is 0 Å². The Kier molecular flexibility index (Phi) is 5.88. The first kappa shape index (κ1) is 18.6. The minimum Gasteiger partial charge on any atom is -0.360 e. The number of thiazole rings is 1. The number of benzene rings is 1. The minimum absolute atomic E-state index is 0.774. The number of hydrogen-bond donors (Lipinski definition) is 0. The molecule has 0 unspecified atom stereocenters. The highest BCUT2D eigenvalue weighted by molar-refractivity contribution is 7.09. The second kappa shape index (κ2) is 8.52. The lowest BCUT2D eigenvalue weighted by Crippen LogP contribution is -2.45. The topological polar surface area (TPSA) is 45.4 Å². The van der Waals surface area contributed by atoms with Crippen molar-refractivity contribution in [3.8, 4) is 0 Å². The van der Waals surface area contributed by atoms with Crippen molar-refractivity contribution in [2.45, 2.75) is 26.4 Å². The highest BCUT2D eigenvalue weighted by Crippen LogP contribution is 2.18. The first-order chi connectivity index (χ1) is 13.1. The summed E-state index contributed by atoms with van der Waals surface area (Å²) >= 11 is 7.69. The molecule has 4 rings (SSSR count). The Balaban J connectivity index is 1.25. The summed E-state index contributed by atoms with van der Waals surface area (Å²) in [6.07, 6.45) is 0.867. The van der Waals surface area contributed by atoms with E-state index in [4.69, 9.17) is 21.1 Å². The Bertz CT molecular complexity index is 868. The Labute approximate surface area is 168 Å². The monoisotopic (exact) mass is 402 g/mol. The summed E-state index contributed by atoms with van der Waals surface area (Å²) < 4.78 is 5.33. The summed E-state index contributed by atoms with van der Waals surface area (Å²) in [4.78, 5) is 9.71. The van der Waals surface area contributed by atoms with Gasteiger partial charge in [-0.1, -0.05) is 28.9 Å². The zero-order valence-electron chi connectivity index (χ0n) is 15.4. The normalized spacial score (nSPS) is 16.1. The van der Waals surface area contributed by atoms with Crippen LogP contribution in [0.4, 0.5) is 0 Å². The number of nitrogens with zero attached hydrogens (tertiary/aromatic N) is 4. The average Bonchev–Trinajstić information content (AvgIpc) is 3.27. The summed E-state index contributed by atoms with van der Waals surface area (Å²) in [5.74, 6) is 0.951. The molecule has 0 spiro atoms. The smallest absolute Gasteiger partial charge is 0.150 e. The van der Waals surface area contributed by atoms with Crippen molar-refractivity contribution in [3.63, 3.8) is 0 Å². The Hall–Kier alpha value is -1.73. The summed E-state index contributed by atoms with van der Waals surface area (Å²) in [5, 5.41) is 8.09. The van der Waals surface area contributed by atoms with E-state index in [9.17, 15) is 0 Å². The Morgan fingerprint density at radius 3 is 2.44 bits per heavy atom. The van der Waals surface area contributed by atoms with E-state index in [1.54, 1.807) is 11.3 Å². The molecule has 3 heterocycles. The number of halogens is 1. The third-order valence-electron chi connectivity index (χ3n) is 4.77. The van der Waals surface area contributed by atoms with Gasteiger partial charge in [-0.3, -0.25) is 9.80 Å². The molecule has 0 amide bonds. The SMILES string of the molecule is Cc1cc(CN2CCN(Cc3csc(Cc4ccc(Cl)cc4)n3)CC2)on1. The summed E-state index contributed by atoms with van der Waals surface area (Å²) in [6.45, 7) is 7.92. The molecule has 1 aliphatic heterocycles. The molecule has 5 nitrogen and oxygen atoms in total. The summed E-state index contributed by atoms with van der Waals surface area (Å²) in [5.41, 5.74) is 3.36. The predicted octanol–water partition coefficient (Wildman–Crippen LogP) is 4.00. The van der Waals surface area contributed by atoms with E-state index in [0.717, 1.165) is 67.2 Å². The van der Waals surface area contributed by atoms with Gasteiger partial charge in [-0.15, -0.1) is 11.3 Å². The molecule has 0 aliphatic carbocycles. The number of aryl methyl sites for hydroxylation is 1. The van der Waals surface area contributed by atoms with Crippen molar-refractivity contribution >= 4 is 22.9 Å². The molecule has 3 aromatic rings. The predicted molar refractivity (Wildman–Crippen MR) is 108 cm³/mol. The van der Waals surface area contributed by atoms with Crippen LogP contribution in [0.2, 0.25) is 5.02 Å². The van der Waals surface area contributed by atoms with E-state index in [-0.39, 0.29) is 0 Å². The van der Waals surface area contributed by atoms with Crippen molar-refractivity contribution in [3.05, 3.63) is 68.5 Å². The number of piperazine rings is 1. The van der Waals surface area contributed by atoms with Crippen molar-refractivity contribution in [2.24, 2.45) is 0 Å². The Morgan fingerprint density at radius 1 is 1.07 bits per heavy atom. The molecule has 0 atom stereocenters. The van der Waals surface area contributed by atoms with Gasteiger partial charge in [0.15, 0.2) is 5.76 Å². The van der Waals surface area contributed by atoms with Gasteiger partial charge in [0.05, 0.1) is 22.9 Å². The van der Waals surface area contributed by atoms with Gasteiger partial charge in [0.2, 0.25) is 0 Å². The molecule has 0 radical (unpaired) electrons. The summed E-state index contributed by atoms with van der Waals surface area (Å²) in [7, 11) is 0. The second-order valence-corrected chi connectivity index (χ2v) is 8.40. The first-order valence-corrected chi connectivity index (χ1v) is 10.4. The van der Waals surface area contributed by atoms with E-state index in [2.05, 4.69) is 32.5 Å². The zero-order valence-corrected chi connectivity index (χ0v) is 17.0. The summed E-state index contributed by atoms with van der Waals surface area (Å²) in [6, 6.07) is 10.0. The average molecular weight is 403 g/mol. The van der Waals surface area contributed by atoms with Gasteiger partial charge < -0.3 is 4.52 Å². The van der Waals surface area contributed by atoms with E-state index < -0.39 is 0 Å². The molecule has 7 heteroatoms. The van der Waals surface area contributed by atoms with Gasteiger partial charge in [-0.2, -0.15) is 0 Å². The fourth-order valence-electron chi connectivity index (χ4n) is 3.33. The van der Waals surface area contributed by atoms with E-state index in [0.29, 0.717) is 0 Å². The second-order valence-electron chi connectivity index (χ2n) is 7.02. The molecule has 27 heavy (non-hydrogen) atoms. The minimum atomic E-state index is 0.774. The van der Waals surface area contributed by atoms with Gasteiger partial charge >= 0.3 is 0 Å². The van der Waals surface area contributed by atoms with Crippen LogP contribution in [0.25, 0.3) is 0 Å². The maximum Gasteiger partial charge on any atom is 0.150 e. The van der Waals surface area contributed by atoms with Gasteiger partial charge in [0, 0.05) is 55.6 Å². The lowest BCUT2D eigenvalue weighted by Gasteiger charge is -2.33. The van der Waals surface area contributed by atoms with Crippen LogP contribution in [0.5, 0.6) is 0 Å². The fourth-order valence-corrected chi connectivity index (χ4v) is 4.27. The van der Waals surface area contributed by atoms with Crippen LogP contribution >= 0.6 is 22.9 Å². The number of aromatic nitrogens is 2. The van der Waals surface area contributed by atoms with Crippen LogP contribution in [0.15, 0.2) is 40.2 Å². The zero-order chi connectivity index (χ0) is 18.6. The molecule has 0 N–H and O–H groups in total. The van der Waals surface area contributed by atoms with Gasteiger partial charge in [-0.05, 0) is 24.6 Å². The van der Waals surface area contributed by atoms with Crippen LogP contribution in [0.3, 0.4) is 0 Å². The van der Waals surface area contributed by atoms with Gasteiger partial charge in [0.25, 0.3) is 0 Å². The molecule has 1 aromatic carbocycles. The van der Waals surface area contributed by atoms with Crippen molar-refractivity contribution < 1.29 is 4.52 Å². The molecular formula is C20H23ClN4OS. The van der Waals surface area contributed by atoms with E-state index in [1.165, 1.54) is 11.3 Å². The van der Waals surface area contributed by atoms with Crippen LogP contribution in [-0.2, 0) is 19.5 Å². The van der Waals surface area contributed by atoms with Crippen molar-refractivity contribution in [2.75, 3.05) is 26.2 Å². The molecule has 0 saturated carbocycles. The maximum atomic E-state index is 5.95. The molecule has 1 fully saturated rings. The lowest BCUT2D eigenvalue weighted by molar-refractivity contribution is 0.113. The maximum absolute atomic E-state index is 5.95. The molecule has 142 valence electrons. The van der Waals surface area contributed by atoms with Crippen LogP contribution < -0.4 is 0 Å². The first-order valence-electron chi connectivity index (χ1n) is 9.19. The molecule has 2 aromatic heterocycles. The Morgan fingerprint density at radius 2 is 1.78 bits per heavy atom. The van der Waals surface area contributed by atoms with Gasteiger partial charge in [-0.25, -0.2) is 4.98 Å². The molecular weight excluding hydrogens is 380 g/mol. The molecule has 0 bridgehead atoms. The third kappa shape index (κ3) is 5.17. The largest absolute Gasteiger partial charge is 0.360 e. The van der Waals surface area contributed by atoms with Gasteiger partial charge in [0.1, 0.15) is 0 Å². The van der Waals surface area contributed by atoms with Crippen LogP contribution in [-0.4, -0.2) is 46.1 Å². The van der Waals surface area contributed by atoms with Crippen LogP contribution in [0, 0.1) is 6.92 Å².